The van der Waals surface area contributed by atoms with E-state index < -0.39 is 10.0 Å². The Balaban J connectivity index is 1.73. The van der Waals surface area contributed by atoms with Gasteiger partial charge in [-0.3, -0.25) is 9.10 Å². The van der Waals surface area contributed by atoms with Gasteiger partial charge in [0.15, 0.2) is 0 Å². The number of hydrogen-bond donors (Lipinski definition) is 1. The van der Waals surface area contributed by atoms with E-state index in [9.17, 15) is 13.2 Å². The summed E-state index contributed by atoms with van der Waals surface area (Å²) in [5.74, 6) is 0.417. The van der Waals surface area contributed by atoms with Crippen LogP contribution < -0.4 is 9.04 Å². The molecule has 184 valence electrons. The zero-order valence-corrected chi connectivity index (χ0v) is 21.0. The molecule has 4 rings (SSSR count). The number of aryl methyl sites for hydroxylation is 2. The van der Waals surface area contributed by atoms with Gasteiger partial charge in [0.2, 0.25) is 0 Å². The second kappa shape index (κ2) is 10.4. The van der Waals surface area contributed by atoms with Gasteiger partial charge in [0.1, 0.15) is 22.9 Å². The highest BCUT2D eigenvalue weighted by Crippen LogP contribution is 2.31. The lowest BCUT2D eigenvalue weighted by atomic mass is 10.1. The van der Waals surface area contributed by atoms with Crippen molar-refractivity contribution in [3.63, 3.8) is 0 Å². The largest absolute Gasteiger partial charge is 0.489 e. The molecule has 0 unspecified atom stereocenters. The zero-order chi connectivity index (χ0) is 25.0. The third-order valence-electron chi connectivity index (χ3n) is 6.29. The molecule has 1 amide bonds. The lowest BCUT2D eigenvalue weighted by molar-refractivity contribution is 0.0787. The number of anilines is 1. The number of carbonyl (C=O) groups is 1. The van der Waals surface area contributed by atoms with E-state index in [1.54, 1.807) is 17.0 Å². The number of H-pyrrole nitrogens is 1. The first-order valence-corrected chi connectivity index (χ1v) is 13.1. The van der Waals surface area contributed by atoms with Crippen LogP contribution in [0.1, 0.15) is 40.0 Å². The Morgan fingerprint density at radius 1 is 1.11 bits per heavy atom. The highest BCUT2D eigenvalue weighted by Gasteiger charge is 2.29. The lowest BCUT2D eigenvalue weighted by Gasteiger charge is -2.26. The van der Waals surface area contributed by atoms with Crippen LogP contribution in [0.2, 0.25) is 0 Å². The monoisotopic (exact) mass is 493 g/mol. The minimum atomic E-state index is -4.00. The van der Waals surface area contributed by atoms with Crippen LogP contribution in [0.25, 0.3) is 0 Å². The van der Waals surface area contributed by atoms with Crippen molar-refractivity contribution in [3.05, 3.63) is 89.8 Å². The number of aromatic nitrogens is 1. The van der Waals surface area contributed by atoms with Gasteiger partial charge in [-0.05, 0) is 62.1 Å². The molecular weight excluding hydrogens is 462 g/mol. The van der Waals surface area contributed by atoms with Crippen LogP contribution in [-0.4, -0.2) is 43.9 Å². The summed E-state index contributed by atoms with van der Waals surface area (Å²) in [6.07, 6.45) is 4.97. The lowest BCUT2D eigenvalue weighted by Crippen LogP contribution is -2.31. The van der Waals surface area contributed by atoms with Crippen LogP contribution >= 0.6 is 0 Å². The average molecular weight is 494 g/mol. The van der Waals surface area contributed by atoms with Gasteiger partial charge in [-0.2, -0.15) is 0 Å². The van der Waals surface area contributed by atoms with Crippen molar-refractivity contribution >= 4 is 21.6 Å². The Hall–Kier alpha value is -3.52. The number of sulfonamides is 1. The first kappa shape index (κ1) is 24.6. The molecule has 1 saturated heterocycles. The highest BCUT2D eigenvalue weighted by molar-refractivity contribution is 7.92. The predicted molar refractivity (Wildman–Crippen MR) is 137 cm³/mol. The summed E-state index contributed by atoms with van der Waals surface area (Å²) in [4.78, 5) is 17.5. The van der Waals surface area contributed by atoms with Gasteiger partial charge in [0.05, 0.1) is 12.2 Å². The molecule has 2 aromatic carbocycles. The number of rotatable bonds is 9. The normalized spacial score (nSPS) is 13.6. The third kappa shape index (κ3) is 5.27. The number of amides is 1. The number of para-hydroxylation sites is 1. The first-order valence-electron chi connectivity index (χ1n) is 11.7. The summed E-state index contributed by atoms with van der Waals surface area (Å²) in [7, 11) is -4.00. The van der Waals surface area contributed by atoms with Gasteiger partial charge in [-0.25, -0.2) is 8.42 Å². The van der Waals surface area contributed by atoms with E-state index in [0.29, 0.717) is 31.1 Å². The fraction of sp³-hybridized carbons (Fsp3) is 0.296. The van der Waals surface area contributed by atoms with Crippen molar-refractivity contribution in [3.8, 4) is 5.75 Å². The number of likely N-dealkylation sites (tertiary alicyclic amines) is 1. The quantitative estimate of drug-likeness (QED) is 0.433. The second-order valence-electron chi connectivity index (χ2n) is 8.74. The number of ether oxygens (including phenoxy) is 1. The Morgan fingerprint density at radius 3 is 2.57 bits per heavy atom. The molecule has 0 radical (unpaired) electrons. The van der Waals surface area contributed by atoms with Crippen molar-refractivity contribution in [1.82, 2.24) is 9.88 Å². The number of nitrogens with zero attached hydrogens (tertiary/aromatic N) is 2. The molecule has 8 heteroatoms. The molecule has 2 heterocycles. The van der Waals surface area contributed by atoms with Gasteiger partial charge in [0, 0.05) is 24.8 Å². The van der Waals surface area contributed by atoms with E-state index in [1.807, 2.05) is 50.2 Å². The van der Waals surface area contributed by atoms with Gasteiger partial charge in [-0.1, -0.05) is 36.9 Å². The maximum Gasteiger partial charge on any atom is 0.270 e. The number of carbonyl (C=O) groups excluding carboxylic acids is 1. The van der Waals surface area contributed by atoms with Crippen molar-refractivity contribution < 1.29 is 17.9 Å². The second-order valence-corrected chi connectivity index (χ2v) is 10.6. The number of nitrogens with one attached hydrogen (secondary N) is 1. The molecule has 1 fully saturated rings. The Morgan fingerprint density at radius 2 is 1.86 bits per heavy atom. The average Bonchev–Trinajstić information content (AvgIpc) is 3.56. The van der Waals surface area contributed by atoms with Crippen molar-refractivity contribution in [2.75, 3.05) is 24.0 Å². The molecule has 0 saturated carbocycles. The molecule has 0 atom stereocenters. The van der Waals surface area contributed by atoms with Crippen LogP contribution in [0, 0.1) is 13.8 Å². The summed E-state index contributed by atoms with van der Waals surface area (Å²) < 4.78 is 35.0. The zero-order valence-electron chi connectivity index (χ0n) is 20.2. The van der Waals surface area contributed by atoms with Crippen LogP contribution in [0.5, 0.6) is 5.75 Å². The molecule has 0 spiro atoms. The first-order chi connectivity index (χ1) is 16.8. The maximum absolute atomic E-state index is 13.9. The van der Waals surface area contributed by atoms with E-state index >= 15 is 0 Å². The Labute approximate surface area is 207 Å². The molecule has 1 aromatic heterocycles. The number of aromatic amines is 1. The SMILES string of the molecule is C=CCOc1ccccc1CN(c1ccc(C)c(C)c1)S(=O)(=O)c1c[nH]c(C(=O)N2CCCC2)c1. The molecule has 1 N–H and O–H groups in total. The molecule has 1 aliphatic rings. The van der Waals surface area contributed by atoms with Crippen molar-refractivity contribution in [2.24, 2.45) is 0 Å². The van der Waals surface area contributed by atoms with Gasteiger partial charge >= 0.3 is 0 Å². The van der Waals surface area contributed by atoms with E-state index in [1.165, 1.54) is 16.6 Å². The van der Waals surface area contributed by atoms with Gasteiger partial charge in [0.25, 0.3) is 15.9 Å². The summed E-state index contributed by atoms with van der Waals surface area (Å²) in [6, 6.07) is 14.4. The molecule has 35 heavy (non-hydrogen) atoms. The molecule has 3 aromatic rings. The molecular formula is C27H31N3O4S. The standard InChI is InChI=1S/C27H31N3O4S/c1-4-15-34-26-10-6-5-9-22(26)19-30(23-12-11-20(2)21(3)16-23)35(32,33)24-17-25(28-18-24)27(31)29-13-7-8-14-29/h4-6,9-12,16-18,28H,1,7-8,13-15,19H2,2-3H3. The Bertz CT molecular complexity index is 1320. The van der Waals surface area contributed by atoms with E-state index in [0.717, 1.165) is 29.5 Å². The summed E-state index contributed by atoms with van der Waals surface area (Å²) in [6.45, 7) is 9.39. The highest BCUT2D eigenvalue weighted by atomic mass is 32.2. The topological polar surface area (TPSA) is 82.7 Å². The maximum atomic E-state index is 13.9. The van der Waals surface area contributed by atoms with E-state index in [4.69, 9.17) is 4.74 Å². The minimum Gasteiger partial charge on any atom is -0.489 e. The van der Waals surface area contributed by atoms with Crippen LogP contribution in [-0.2, 0) is 16.6 Å². The number of benzene rings is 2. The summed E-state index contributed by atoms with van der Waals surface area (Å²) in [5, 5.41) is 0. The molecule has 0 aliphatic carbocycles. The van der Waals surface area contributed by atoms with Gasteiger partial charge in [-0.15, -0.1) is 0 Å². The number of hydrogen-bond acceptors (Lipinski definition) is 4. The molecule has 7 nitrogen and oxygen atoms in total. The fourth-order valence-corrected chi connectivity index (χ4v) is 5.57. The minimum absolute atomic E-state index is 0.0442. The fourth-order valence-electron chi connectivity index (χ4n) is 4.14. The Kier molecular flexibility index (Phi) is 7.31. The smallest absolute Gasteiger partial charge is 0.270 e. The predicted octanol–water partition coefficient (Wildman–Crippen LogP) is 4.83. The summed E-state index contributed by atoms with van der Waals surface area (Å²) in [5.41, 5.74) is 3.60. The van der Waals surface area contributed by atoms with Crippen molar-refractivity contribution in [2.45, 2.75) is 38.1 Å². The van der Waals surface area contributed by atoms with E-state index in [-0.39, 0.29) is 23.0 Å². The van der Waals surface area contributed by atoms with Crippen LogP contribution in [0.3, 0.4) is 0 Å². The van der Waals surface area contributed by atoms with Crippen LogP contribution in [0.4, 0.5) is 5.69 Å². The van der Waals surface area contributed by atoms with E-state index in [2.05, 4.69) is 11.6 Å². The molecule has 0 bridgehead atoms. The van der Waals surface area contributed by atoms with Crippen molar-refractivity contribution in [1.29, 1.82) is 0 Å². The van der Waals surface area contributed by atoms with Gasteiger partial charge < -0.3 is 14.6 Å². The third-order valence-corrected chi connectivity index (χ3v) is 8.04. The summed E-state index contributed by atoms with van der Waals surface area (Å²) >= 11 is 0. The van der Waals surface area contributed by atoms with Crippen LogP contribution in [0.15, 0.2) is 72.3 Å². The molecule has 1 aliphatic heterocycles.